The third kappa shape index (κ3) is 3.00. The van der Waals surface area contributed by atoms with Crippen LogP contribution in [-0.4, -0.2) is 29.7 Å². The maximum Gasteiger partial charge on any atom is 0.222 e. The molecule has 1 aromatic rings. The van der Waals surface area contributed by atoms with Gasteiger partial charge in [0.15, 0.2) is 5.76 Å². The Balaban J connectivity index is 1.96. The maximum atomic E-state index is 11.9. The van der Waals surface area contributed by atoms with Gasteiger partial charge in [0.1, 0.15) is 0 Å². The van der Waals surface area contributed by atoms with E-state index in [1.165, 1.54) is 6.26 Å². The molecule has 2 rings (SSSR count). The quantitative estimate of drug-likeness (QED) is 0.770. The minimum atomic E-state index is -0.122. The molecule has 1 unspecified atom stereocenters. The van der Waals surface area contributed by atoms with E-state index in [0.717, 1.165) is 19.3 Å². The third-order valence-corrected chi connectivity index (χ3v) is 3.63. The Bertz CT molecular complexity index is 411. The highest BCUT2D eigenvalue weighted by Gasteiger charge is 2.24. The average Bonchev–Trinajstić information content (AvgIpc) is 2.85. The molecule has 1 amide bonds. The normalized spacial score (nSPS) is 20.8. The van der Waals surface area contributed by atoms with Crippen molar-refractivity contribution in [1.29, 1.82) is 0 Å². The summed E-state index contributed by atoms with van der Waals surface area (Å²) in [5.41, 5.74) is 0. The second kappa shape index (κ2) is 5.85. The predicted molar refractivity (Wildman–Crippen MR) is 67.3 cm³/mol. The zero-order valence-electron chi connectivity index (χ0n) is 10.7. The van der Waals surface area contributed by atoms with Crippen LogP contribution < -0.4 is 0 Å². The van der Waals surface area contributed by atoms with Gasteiger partial charge in [-0.2, -0.15) is 0 Å². The molecule has 0 bridgehead atoms. The number of rotatable bonds is 4. The number of hydrogen-bond donors (Lipinski definition) is 0. The van der Waals surface area contributed by atoms with E-state index < -0.39 is 0 Å². The molecule has 1 atom stereocenters. The fourth-order valence-corrected chi connectivity index (χ4v) is 2.36. The van der Waals surface area contributed by atoms with Crippen molar-refractivity contribution in [3.05, 3.63) is 24.2 Å². The molecule has 1 saturated heterocycles. The molecular weight excluding hydrogens is 230 g/mol. The molecule has 0 saturated carbocycles. The summed E-state index contributed by atoms with van der Waals surface area (Å²) in [4.78, 5) is 25.5. The van der Waals surface area contributed by atoms with E-state index in [1.807, 2.05) is 0 Å². The van der Waals surface area contributed by atoms with Gasteiger partial charge in [-0.15, -0.1) is 0 Å². The first kappa shape index (κ1) is 12.9. The SMILES string of the molecule is CCC1CCC(=O)N(CC(=O)c2ccco2)CC1. The number of amides is 1. The topological polar surface area (TPSA) is 50.5 Å². The molecule has 4 nitrogen and oxygen atoms in total. The first-order valence-corrected chi connectivity index (χ1v) is 6.55. The van der Waals surface area contributed by atoms with Crippen LogP contribution in [0.4, 0.5) is 0 Å². The molecule has 2 heterocycles. The zero-order chi connectivity index (χ0) is 13.0. The molecule has 1 aliphatic heterocycles. The van der Waals surface area contributed by atoms with Crippen LogP contribution in [0.3, 0.4) is 0 Å². The molecule has 1 aliphatic rings. The first-order valence-electron chi connectivity index (χ1n) is 6.55. The van der Waals surface area contributed by atoms with Gasteiger partial charge in [-0.05, 0) is 30.9 Å². The van der Waals surface area contributed by atoms with Crippen LogP contribution in [0, 0.1) is 5.92 Å². The lowest BCUT2D eigenvalue weighted by Gasteiger charge is -2.19. The van der Waals surface area contributed by atoms with Crippen molar-refractivity contribution >= 4 is 11.7 Å². The number of Topliss-reactive ketones (excluding diaryl/α,β-unsaturated/α-hetero) is 1. The van der Waals surface area contributed by atoms with E-state index in [9.17, 15) is 9.59 Å². The molecule has 0 aromatic carbocycles. The van der Waals surface area contributed by atoms with Crippen molar-refractivity contribution in [3.8, 4) is 0 Å². The maximum absolute atomic E-state index is 11.9. The van der Waals surface area contributed by atoms with Crippen molar-refractivity contribution in [2.75, 3.05) is 13.1 Å². The largest absolute Gasteiger partial charge is 0.461 e. The Morgan fingerprint density at radius 1 is 1.50 bits per heavy atom. The Kier molecular flexibility index (Phi) is 4.18. The Morgan fingerprint density at radius 2 is 2.33 bits per heavy atom. The second-order valence-corrected chi connectivity index (χ2v) is 4.82. The third-order valence-electron chi connectivity index (χ3n) is 3.63. The van der Waals surface area contributed by atoms with Crippen LogP contribution >= 0.6 is 0 Å². The van der Waals surface area contributed by atoms with Gasteiger partial charge in [-0.3, -0.25) is 9.59 Å². The minimum Gasteiger partial charge on any atom is -0.461 e. The predicted octanol–water partition coefficient (Wildman–Crippen LogP) is 2.50. The second-order valence-electron chi connectivity index (χ2n) is 4.82. The summed E-state index contributed by atoms with van der Waals surface area (Å²) in [6, 6.07) is 3.32. The van der Waals surface area contributed by atoms with Crippen molar-refractivity contribution in [3.63, 3.8) is 0 Å². The van der Waals surface area contributed by atoms with E-state index in [4.69, 9.17) is 4.42 Å². The number of nitrogens with zero attached hydrogens (tertiary/aromatic N) is 1. The molecule has 0 radical (unpaired) electrons. The van der Waals surface area contributed by atoms with Crippen LogP contribution in [0.25, 0.3) is 0 Å². The van der Waals surface area contributed by atoms with E-state index in [0.29, 0.717) is 24.6 Å². The highest BCUT2D eigenvalue weighted by atomic mass is 16.3. The molecule has 0 spiro atoms. The van der Waals surface area contributed by atoms with Crippen LogP contribution in [0.2, 0.25) is 0 Å². The van der Waals surface area contributed by atoms with Gasteiger partial charge in [-0.25, -0.2) is 0 Å². The number of hydrogen-bond acceptors (Lipinski definition) is 3. The van der Waals surface area contributed by atoms with Gasteiger partial charge in [0.25, 0.3) is 0 Å². The fraction of sp³-hybridized carbons (Fsp3) is 0.571. The minimum absolute atomic E-state index is 0.0888. The summed E-state index contributed by atoms with van der Waals surface area (Å²) in [5.74, 6) is 0.908. The summed E-state index contributed by atoms with van der Waals surface area (Å²) in [5, 5.41) is 0. The molecular formula is C14H19NO3. The standard InChI is InChI=1S/C14H19NO3/c1-2-11-5-6-14(17)15(8-7-11)10-12(16)13-4-3-9-18-13/h3-4,9,11H,2,5-8,10H2,1H3. The number of carbonyl (C=O) groups excluding carboxylic acids is 2. The van der Waals surface area contributed by atoms with Gasteiger partial charge in [0.2, 0.25) is 11.7 Å². The molecule has 4 heteroatoms. The number of ketones is 1. The highest BCUT2D eigenvalue weighted by Crippen LogP contribution is 2.21. The van der Waals surface area contributed by atoms with Gasteiger partial charge in [0, 0.05) is 13.0 Å². The van der Waals surface area contributed by atoms with Crippen LogP contribution in [0.15, 0.2) is 22.8 Å². The summed E-state index contributed by atoms with van der Waals surface area (Å²) in [6.07, 6.45) is 5.08. The smallest absolute Gasteiger partial charge is 0.222 e. The Labute approximate surface area is 107 Å². The average molecular weight is 249 g/mol. The zero-order valence-corrected chi connectivity index (χ0v) is 10.7. The van der Waals surface area contributed by atoms with Gasteiger partial charge in [-0.1, -0.05) is 13.3 Å². The number of likely N-dealkylation sites (tertiary alicyclic amines) is 1. The van der Waals surface area contributed by atoms with Crippen molar-refractivity contribution in [2.24, 2.45) is 5.92 Å². The molecule has 98 valence electrons. The first-order chi connectivity index (χ1) is 8.70. The van der Waals surface area contributed by atoms with Crippen LogP contribution in [0.1, 0.15) is 43.2 Å². The van der Waals surface area contributed by atoms with Gasteiger partial charge in [0.05, 0.1) is 12.8 Å². The summed E-state index contributed by atoms with van der Waals surface area (Å²) >= 11 is 0. The van der Waals surface area contributed by atoms with Gasteiger partial charge >= 0.3 is 0 Å². The lowest BCUT2D eigenvalue weighted by atomic mass is 9.98. The van der Waals surface area contributed by atoms with E-state index in [-0.39, 0.29) is 18.2 Å². The molecule has 18 heavy (non-hydrogen) atoms. The van der Waals surface area contributed by atoms with E-state index >= 15 is 0 Å². The number of furan rings is 1. The highest BCUT2D eigenvalue weighted by molar-refractivity contribution is 5.97. The lowest BCUT2D eigenvalue weighted by Crippen LogP contribution is -2.35. The van der Waals surface area contributed by atoms with E-state index in [1.54, 1.807) is 17.0 Å². The number of carbonyl (C=O) groups is 2. The van der Waals surface area contributed by atoms with Crippen LogP contribution in [0.5, 0.6) is 0 Å². The molecule has 0 N–H and O–H groups in total. The Hall–Kier alpha value is -1.58. The lowest BCUT2D eigenvalue weighted by molar-refractivity contribution is -0.130. The monoisotopic (exact) mass is 249 g/mol. The fourth-order valence-electron chi connectivity index (χ4n) is 2.36. The van der Waals surface area contributed by atoms with Gasteiger partial charge < -0.3 is 9.32 Å². The Morgan fingerprint density at radius 3 is 3.00 bits per heavy atom. The summed E-state index contributed by atoms with van der Waals surface area (Å²) in [7, 11) is 0. The molecule has 0 aliphatic carbocycles. The summed E-state index contributed by atoms with van der Waals surface area (Å²) in [6.45, 7) is 2.98. The molecule has 1 fully saturated rings. The van der Waals surface area contributed by atoms with E-state index in [2.05, 4.69) is 6.92 Å². The van der Waals surface area contributed by atoms with Crippen molar-refractivity contribution in [1.82, 2.24) is 4.90 Å². The molecule has 1 aromatic heterocycles. The van der Waals surface area contributed by atoms with Crippen LogP contribution in [-0.2, 0) is 4.79 Å². The summed E-state index contributed by atoms with van der Waals surface area (Å²) < 4.78 is 5.06. The van der Waals surface area contributed by atoms with Crippen molar-refractivity contribution in [2.45, 2.75) is 32.6 Å². The van der Waals surface area contributed by atoms with Crippen molar-refractivity contribution < 1.29 is 14.0 Å².